The Labute approximate surface area is 122 Å². The van der Waals surface area contributed by atoms with Gasteiger partial charge in [-0.05, 0) is 31.2 Å². The molecule has 110 valence electrons. The normalized spacial score (nSPS) is 16.8. The number of benzene rings is 1. The zero-order valence-electron chi connectivity index (χ0n) is 11.7. The van der Waals surface area contributed by atoms with E-state index in [4.69, 9.17) is 0 Å². The van der Waals surface area contributed by atoms with Gasteiger partial charge in [-0.1, -0.05) is 30.3 Å². The lowest BCUT2D eigenvalue weighted by atomic mass is 10.0. The molecule has 2 aromatic rings. The Morgan fingerprint density at radius 3 is 2.71 bits per heavy atom. The van der Waals surface area contributed by atoms with Gasteiger partial charge in [0, 0.05) is 0 Å². The van der Waals surface area contributed by atoms with Gasteiger partial charge in [-0.25, -0.2) is 0 Å². The average molecular weight is 286 g/mol. The van der Waals surface area contributed by atoms with Crippen LogP contribution in [0.15, 0.2) is 36.7 Å². The highest BCUT2D eigenvalue weighted by Gasteiger charge is 2.39. The van der Waals surface area contributed by atoms with E-state index >= 15 is 0 Å². The minimum absolute atomic E-state index is 0.365. The molecule has 1 fully saturated rings. The van der Waals surface area contributed by atoms with Crippen molar-refractivity contribution in [3.63, 3.8) is 0 Å². The summed E-state index contributed by atoms with van der Waals surface area (Å²) in [7, 11) is 0. The van der Waals surface area contributed by atoms with Gasteiger partial charge < -0.3 is 5.11 Å². The molecule has 1 saturated carbocycles. The Balaban J connectivity index is 1.72. The Bertz CT molecular complexity index is 618. The van der Waals surface area contributed by atoms with Gasteiger partial charge in [0.25, 0.3) is 5.91 Å². The first kappa shape index (κ1) is 13.8. The van der Waals surface area contributed by atoms with Gasteiger partial charge in [-0.3, -0.25) is 14.7 Å². The molecule has 1 aromatic carbocycles. The molecule has 0 radical (unpaired) electrons. The fourth-order valence-corrected chi connectivity index (χ4v) is 2.65. The van der Waals surface area contributed by atoms with E-state index in [0.29, 0.717) is 25.3 Å². The van der Waals surface area contributed by atoms with E-state index in [9.17, 15) is 9.90 Å². The largest absolute Gasteiger partial charge is 0.380 e. The first-order chi connectivity index (χ1) is 10.2. The predicted octanol–water partition coefficient (Wildman–Crippen LogP) is 1.57. The summed E-state index contributed by atoms with van der Waals surface area (Å²) in [5.74, 6) is -0.0218. The number of hydrogen-bond donors (Lipinski definition) is 2. The number of amides is 1. The van der Waals surface area contributed by atoms with Gasteiger partial charge in [0.05, 0.1) is 6.54 Å². The van der Waals surface area contributed by atoms with E-state index in [1.54, 1.807) is 10.9 Å². The highest BCUT2D eigenvalue weighted by atomic mass is 16.3. The number of carbonyl (C=O) groups excluding carboxylic acids is 1. The van der Waals surface area contributed by atoms with Crippen LogP contribution in [0.1, 0.15) is 31.2 Å². The highest BCUT2D eigenvalue weighted by Crippen LogP contribution is 2.30. The number of rotatable bonds is 4. The molecule has 21 heavy (non-hydrogen) atoms. The van der Waals surface area contributed by atoms with Crippen LogP contribution in [0.4, 0.5) is 5.95 Å². The number of aromatic nitrogens is 3. The predicted molar refractivity (Wildman–Crippen MR) is 77.6 cm³/mol. The first-order valence-electron chi connectivity index (χ1n) is 7.13. The van der Waals surface area contributed by atoms with Crippen molar-refractivity contribution in [3.8, 4) is 0 Å². The molecule has 0 saturated heterocycles. The molecule has 6 nitrogen and oxygen atoms in total. The number of aliphatic hydroxyl groups is 1. The molecular formula is C15H18N4O2. The first-order valence-corrected chi connectivity index (χ1v) is 7.13. The maximum Gasteiger partial charge on any atom is 0.258 e. The standard InChI is InChI=1S/C15H18N4O2/c20-13(15(21)8-4-5-9-15)17-14-18-16-11-19(14)10-12-6-2-1-3-7-12/h1-3,6-7,11,21H,4-5,8-10H2,(H,17,18,20). The average Bonchev–Trinajstić information content (AvgIpc) is 3.11. The van der Waals surface area contributed by atoms with Gasteiger partial charge in [0.1, 0.15) is 11.9 Å². The van der Waals surface area contributed by atoms with Crippen molar-refractivity contribution >= 4 is 11.9 Å². The Hall–Kier alpha value is -2.21. The van der Waals surface area contributed by atoms with Crippen molar-refractivity contribution in [1.29, 1.82) is 0 Å². The summed E-state index contributed by atoms with van der Waals surface area (Å²) in [6, 6.07) is 9.86. The monoisotopic (exact) mass is 286 g/mol. The molecular weight excluding hydrogens is 268 g/mol. The summed E-state index contributed by atoms with van der Waals surface area (Å²) in [5, 5.41) is 20.7. The topological polar surface area (TPSA) is 80.0 Å². The lowest BCUT2D eigenvalue weighted by molar-refractivity contribution is -0.133. The number of anilines is 1. The van der Waals surface area contributed by atoms with E-state index < -0.39 is 5.60 Å². The third-order valence-corrected chi connectivity index (χ3v) is 3.89. The van der Waals surface area contributed by atoms with Gasteiger partial charge in [-0.15, -0.1) is 10.2 Å². The minimum atomic E-state index is -1.26. The third kappa shape index (κ3) is 2.95. The zero-order valence-corrected chi connectivity index (χ0v) is 11.7. The molecule has 1 amide bonds. The lowest BCUT2D eigenvalue weighted by Gasteiger charge is -2.20. The molecule has 2 N–H and O–H groups in total. The maximum absolute atomic E-state index is 12.2. The minimum Gasteiger partial charge on any atom is -0.380 e. The van der Waals surface area contributed by atoms with Crippen LogP contribution in [0.25, 0.3) is 0 Å². The summed E-state index contributed by atoms with van der Waals surface area (Å²) in [5.41, 5.74) is -0.170. The molecule has 6 heteroatoms. The molecule has 0 spiro atoms. The molecule has 0 bridgehead atoms. The van der Waals surface area contributed by atoms with E-state index in [1.165, 1.54) is 0 Å². The summed E-state index contributed by atoms with van der Waals surface area (Å²) in [6.45, 7) is 0.571. The summed E-state index contributed by atoms with van der Waals surface area (Å²) in [4.78, 5) is 12.2. The van der Waals surface area contributed by atoms with Crippen molar-refractivity contribution in [3.05, 3.63) is 42.2 Å². The van der Waals surface area contributed by atoms with E-state index in [1.807, 2.05) is 30.3 Å². The van der Waals surface area contributed by atoms with Gasteiger partial charge in [0.2, 0.25) is 5.95 Å². The van der Waals surface area contributed by atoms with Crippen molar-refractivity contribution in [1.82, 2.24) is 14.8 Å². The Kier molecular flexibility index (Phi) is 3.70. The van der Waals surface area contributed by atoms with E-state index in [0.717, 1.165) is 18.4 Å². The molecule has 0 atom stereocenters. The molecule has 1 heterocycles. The maximum atomic E-state index is 12.2. The molecule has 1 aliphatic carbocycles. The van der Waals surface area contributed by atoms with E-state index in [2.05, 4.69) is 15.5 Å². The summed E-state index contributed by atoms with van der Waals surface area (Å²) >= 11 is 0. The smallest absolute Gasteiger partial charge is 0.258 e. The van der Waals surface area contributed by atoms with Gasteiger partial charge >= 0.3 is 0 Å². The second-order valence-electron chi connectivity index (χ2n) is 5.46. The molecule has 0 unspecified atom stereocenters. The van der Waals surface area contributed by atoms with Crippen molar-refractivity contribution < 1.29 is 9.90 Å². The van der Waals surface area contributed by atoms with Crippen LogP contribution in [-0.2, 0) is 11.3 Å². The second kappa shape index (κ2) is 5.65. The van der Waals surface area contributed by atoms with Crippen LogP contribution in [-0.4, -0.2) is 31.4 Å². The van der Waals surface area contributed by atoms with Crippen LogP contribution in [0.5, 0.6) is 0 Å². The Morgan fingerprint density at radius 2 is 2.00 bits per heavy atom. The van der Waals surface area contributed by atoms with E-state index in [-0.39, 0.29) is 5.91 Å². The van der Waals surface area contributed by atoms with Crippen LogP contribution in [0.2, 0.25) is 0 Å². The number of nitrogens with zero attached hydrogens (tertiary/aromatic N) is 3. The fourth-order valence-electron chi connectivity index (χ4n) is 2.65. The van der Waals surface area contributed by atoms with Crippen molar-refractivity contribution in [2.24, 2.45) is 0 Å². The second-order valence-corrected chi connectivity index (χ2v) is 5.46. The van der Waals surface area contributed by atoms with Gasteiger partial charge in [-0.2, -0.15) is 0 Å². The Morgan fingerprint density at radius 1 is 1.29 bits per heavy atom. The van der Waals surface area contributed by atoms with Crippen LogP contribution >= 0.6 is 0 Å². The third-order valence-electron chi connectivity index (χ3n) is 3.89. The van der Waals surface area contributed by atoms with Crippen molar-refractivity contribution in [2.45, 2.75) is 37.8 Å². The van der Waals surface area contributed by atoms with Gasteiger partial charge in [0.15, 0.2) is 0 Å². The number of carbonyl (C=O) groups is 1. The highest BCUT2D eigenvalue weighted by molar-refractivity contribution is 5.96. The lowest BCUT2D eigenvalue weighted by Crippen LogP contribution is -2.40. The zero-order chi connectivity index (χ0) is 14.7. The molecule has 1 aliphatic rings. The molecule has 0 aliphatic heterocycles. The van der Waals surface area contributed by atoms with Crippen LogP contribution in [0.3, 0.4) is 0 Å². The fraction of sp³-hybridized carbons (Fsp3) is 0.400. The quantitative estimate of drug-likeness (QED) is 0.894. The number of hydrogen-bond acceptors (Lipinski definition) is 4. The SMILES string of the molecule is O=C(Nc1nncn1Cc1ccccc1)C1(O)CCCC1. The molecule has 3 rings (SSSR count). The van der Waals surface area contributed by atoms with Crippen molar-refractivity contribution in [2.75, 3.05) is 5.32 Å². The number of nitrogens with one attached hydrogen (secondary N) is 1. The summed E-state index contributed by atoms with van der Waals surface area (Å²) in [6.07, 6.45) is 4.33. The van der Waals surface area contributed by atoms with Crippen LogP contribution in [0, 0.1) is 0 Å². The summed E-state index contributed by atoms with van der Waals surface area (Å²) < 4.78 is 1.76. The van der Waals surface area contributed by atoms with Crippen LogP contribution < -0.4 is 5.32 Å². The molecule has 1 aromatic heterocycles.